The van der Waals surface area contributed by atoms with E-state index in [2.05, 4.69) is 10.6 Å². The van der Waals surface area contributed by atoms with E-state index in [1.165, 1.54) is 6.07 Å². The van der Waals surface area contributed by atoms with E-state index in [4.69, 9.17) is 11.6 Å². The number of nitrogens with one attached hydrogen (secondary N) is 2. The van der Waals surface area contributed by atoms with Gasteiger partial charge in [0.1, 0.15) is 10.7 Å². The molecule has 134 valence electrons. The van der Waals surface area contributed by atoms with Crippen molar-refractivity contribution in [3.63, 3.8) is 0 Å². The minimum atomic E-state index is -0.506. The average Bonchev–Trinajstić information content (AvgIpc) is 2.98. The number of halogens is 2. The lowest BCUT2D eigenvalue weighted by Crippen LogP contribution is -2.32. The van der Waals surface area contributed by atoms with Crippen LogP contribution in [0.2, 0.25) is 5.02 Å². The molecule has 2 amide bonds. The number of hydrogen-bond acceptors (Lipinski definition) is 3. The summed E-state index contributed by atoms with van der Waals surface area (Å²) in [7, 11) is 0. The van der Waals surface area contributed by atoms with Gasteiger partial charge in [0, 0.05) is 15.8 Å². The minimum absolute atomic E-state index is 0.0663. The number of rotatable bonds is 5. The molecule has 1 heterocycles. The quantitative estimate of drug-likeness (QED) is 0.667. The van der Waals surface area contributed by atoms with Crippen molar-refractivity contribution in [1.29, 1.82) is 0 Å². The fraction of sp³-hybridized carbons (Fsp3) is 0.158. The van der Waals surface area contributed by atoms with E-state index in [-0.39, 0.29) is 27.7 Å². The Kier molecular flexibility index (Phi) is 5.54. The van der Waals surface area contributed by atoms with Gasteiger partial charge in [0.2, 0.25) is 5.91 Å². The zero-order valence-electron chi connectivity index (χ0n) is 13.9. The molecule has 1 aromatic heterocycles. The normalized spacial score (nSPS) is 10.7. The van der Waals surface area contributed by atoms with Crippen molar-refractivity contribution >= 4 is 50.5 Å². The highest BCUT2D eigenvalue weighted by Gasteiger charge is 2.19. The molecule has 0 spiro atoms. The van der Waals surface area contributed by atoms with Crippen LogP contribution in [0, 0.1) is 5.82 Å². The van der Waals surface area contributed by atoms with Gasteiger partial charge >= 0.3 is 0 Å². The largest absolute Gasteiger partial charge is 0.342 e. The molecule has 0 atom stereocenters. The van der Waals surface area contributed by atoms with E-state index < -0.39 is 11.7 Å². The lowest BCUT2D eigenvalue weighted by molar-refractivity contribution is -0.115. The molecule has 3 rings (SSSR count). The molecule has 0 saturated carbocycles. The molecule has 0 unspecified atom stereocenters. The Morgan fingerprint density at radius 2 is 1.96 bits per heavy atom. The molecule has 7 heteroatoms. The molecule has 0 saturated heterocycles. The number of anilines is 1. The molecule has 3 aromatic rings. The number of thiophene rings is 1. The number of fused-ring (bicyclic) bond motifs is 1. The van der Waals surface area contributed by atoms with E-state index in [1.54, 1.807) is 18.2 Å². The first-order chi connectivity index (χ1) is 12.5. The number of amides is 2. The van der Waals surface area contributed by atoms with Crippen molar-refractivity contribution in [3.05, 3.63) is 63.7 Å². The van der Waals surface area contributed by atoms with Crippen LogP contribution in [-0.4, -0.2) is 18.4 Å². The second-order valence-corrected chi connectivity index (χ2v) is 7.07. The maximum atomic E-state index is 13.9. The third-order valence-corrected chi connectivity index (χ3v) is 5.48. The molecule has 0 aliphatic rings. The smallest absolute Gasteiger partial charge is 0.263 e. The molecule has 2 aromatic carbocycles. The number of hydrogen-bond donors (Lipinski definition) is 2. The van der Waals surface area contributed by atoms with Crippen LogP contribution in [0.4, 0.5) is 10.1 Å². The second-order valence-electron chi connectivity index (χ2n) is 5.64. The highest BCUT2D eigenvalue weighted by atomic mass is 35.5. The van der Waals surface area contributed by atoms with Crippen LogP contribution in [0.25, 0.3) is 10.1 Å². The van der Waals surface area contributed by atoms with Crippen molar-refractivity contribution < 1.29 is 14.0 Å². The van der Waals surface area contributed by atoms with Gasteiger partial charge < -0.3 is 10.6 Å². The summed E-state index contributed by atoms with van der Waals surface area (Å²) >= 11 is 7.24. The third kappa shape index (κ3) is 3.86. The minimum Gasteiger partial charge on any atom is -0.342 e. The Hall–Kier alpha value is -2.44. The summed E-state index contributed by atoms with van der Waals surface area (Å²) in [4.78, 5) is 24.5. The average molecular weight is 391 g/mol. The van der Waals surface area contributed by atoms with Crippen LogP contribution < -0.4 is 10.6 Å². The summed E-state index contributed by atoms with van der Waals surface area (Å²) in [5, 5.41) is 5.55. The molecular weight excluding hydrogens is 375 g/mol. The Morgan fingerprint density at radius 1 is 1.19 bits per heavy atom. The van der Waals surface area contributed by atoms with Gasteiger partial charge in [0.05, 0.1) is 11.6 Å². The molecule has 2 N–H and O–H groups in total. The van der Waals surface area contributed by atoms with Crippen LogP contribution in [-0.2, 0) is 11.2 Å². The van der Waals surface area contributed by atoms with E-state index in [9.17, 15) is 14.0 Å². The van der Waals surface area contributed by atoms with Gasteiger partial charge in [-0.3, -0.25) is 9.59 Å². The Labute approximate surface area is 159 Å². The monoisotopic (exact) mass is 390 g/mol. The first-order valence-electron chi connectivity index (χ1n) is 8.03. The van der Waals surface area contributed by atoms with Crippen LogP contribution in [0.3, 0.4) is 0 Å². The fourth-order valence-electron chi connectivity index (χ4n) is 2.53. The van der Waals surface area contributed by atoms with Crippen LogP contribution in [0.5, 0.6) is 0 Å². The second kappa shape index (κ2) is 7.85. The Bertz CT molecular complexity index is 987. The maximum Gasteiger partial charge on any atom is 0.263 e. The molecule has 0 fully saturated rings. The Morgan fingerprint density at radius 3 is 2.69 bits per heavy atom. The number of carbonyl (C=O) groups is 2. The topological polar surface area (TPSA) is 58.2 Å². The first kappa shape index (κ1) is 18.4. The number of benzene rings is 2. The molecule has 26 heavy (non-hydrogen) atoms. The predicted molar refractivity (Wildman–Crippen MR) is 104 cm³/mol. The van der Waals surface area contributed by atoms with E-state index in [0.29, 0.717) is 10.4 Å². The van der Waals surface area contributed by atoms with E-state index in [1.807, 2.05) is 25.1 Å². The predicted octanol–water partition coefficient (Wildman–Crippen LogP) is 4.62. The van der Waals surface area contributed by atoms with Crippen LogP contribution in [0.1, 0.15) is 22.2 Å². The zero-order chi connectivity index (χ0) is 18.7. The summed E-state index contributed by atoms with van der Waals surface area (Å²) in [6, 6.07) is 12.0. The van der Waals surface area contributed by atoms with Crippen molar-refractivity contribution in [2.75, 3.05) is 11.9 Å². The lowest BCUT2D eigenvalue weighted by Gasteiger charge is -2.07. The third-order valence-electron chi connectivity index (χ3n) is 3.84. The number of carbonyl (C=O) groups excluding carboxylic acids is 2. The van der Waals surface area contributed by atoms with Gasteiger partial charge in [-0.15, -0.1) is 11.3 Å². The Balaban J connectivity index is 1.66. The highest BCUT2D eigenvalue weighted by molar-refractivity contribution is 7.21. The van der Waals surface area contributed by atoms with E-state index >= 15 is 0 Å². The molecule has 0 aliphatic heterocycles. The van der Waals surface area contributed by atoms with Gasteiger partial charge in [-0.2, -0.15) is 0 Å². The maximum absolute atomic E-state index is 13.9. The SMILES string of the molecule is CCc1cccc(NC(=O)CNC(=O)c2sc3cccc(F)c3c2Cl)c1. The fourth-order valence-corrected chi connectivity index (χ4v) is 4.01. The molecule has 0 radical (unpaired) electrons. The summed E-state index contributed by atoms with van der Waals surface area (Å²) in [5.41, 5.74) is 1.77. The van der Waals surface area contributed by atoms with Crippen molar-refractivity contribution in [1.82, 2.24) is 5.32 Å². The lowest BCUT2D eigenvalue weighted by atomic mass is 10.1. The standard InChI is InChI=1S/C19H16ClFN2O2S/c1-2-11-5-3-6-12(9-11)23-15(24)10-22-19(25)18-17(20)16-13(21)7-4-8-14(16)26-18/h3-9H,2,10H2,1H3,(H,22,25)(H,23,24). The first-order valence-corrected chi connectivity index (χ1v) is 9.22. The summed E-state index contributed by atoms with van der Waals surface area (Å²) in [6.07, 6.45) is 0.863. The van der Waals surface area contributed by atoms with Crippen LogP contribution in [0.15, 0.2) is 42.5 Å². The van der Waals surface area contributed by atoms with Gasteiger partial charge in [-0.25, -0.2) is 4.39 Å². The van der Waals surface area contributed by atoms with Gasteiger partial charge in [0.15, 0.2) is 0 Å². The van der Waals surface area contributed by atoms with Gasteiger partial charge in [0.25, 0.3) is 5.91 Å². The molecule has 0 bridgehead atoms. The molecule has 0 aliphatic carbocycles. The summed E-state index contributed by atoms with van der Waals surface area (Å²) in [6.45, 7) is 1.82. The number of aryl methyl sites for hydroxylation is 1. The van der Waals surface area contributed by atoms with Crippen molar-refractivity contribution in [2.24, 2.45) is 0 Å². The van der Waals surface area contributed by atoms with Crippen molar-refractivity contribution in [3.8, 4) is 0 Å². The summed E-state index contributed by atoms with van der Waals surface area (Å²) < 4.78 is 14.5. The highest BCUT2D eigenvalue weighted by Crippen LogP contribution is 2.36. The molecular formula is C19H16ClFN2O2S. The van der Waals surface area contributed by atoms with Crippen molar-refractivity contribution in [2.45, 2.75) is 13.3 Å². The van der Waals surface area contributed by atoms with E-state index in [0.717, 1.165) is 23.3 Å². The molecule has 4 nitrogen and oxygen atoms in total. The van der Waals surface area contributed by atoms with Crippen LogP contribution >= 0.6 is 22.9 Å². The van der Waals surface area contributed by atoms with Gasteiger partial charge in [-0.1, -0.05) is 36.7 Å². The van der Waals surface area contributed by atoms with Gasteiger partial charge in [-0.05, 0) is 36.2 Å². The zero-order valence-corrected chi connectivity index (χ0v) is 15.5. The summed E-state index contributed by atoms with van der Waals surface area (Å²) in [5.74, 6) is -1.33.